The van der Waals surface area contributed by atoms with Crippen LogP contribution in [0.1, 0.15) is 12.6 Å². The molecule has 5 heteroatoms. The summed E-state index contributed by atoms with van der Waals surface area (Å²) in [7, 11) is 0. The van der Waals surface area contributed by atoms with Crippen LogP contribution in [-0.2, 0) is 6.54 Å². The summed E-state index contributed by atoms with van der Waals surface area (Å²) < 4.78 is 6.80. The predicted molar refractivity (Wildman–Crippen MR) is 78.0 cm³/mol. The number of benzene rings is 1. The zero-order valence-electron chi connectivity index (χ0n) is 11.2. The van der Waals surface area contributed by atoms with Gasteiger partial charge < -0.3 is 9.73 Å². The van der Waals surface area contributed by atoms with Crippen LogP contribution in [0, 0.1) is 0 Å². The number of para-hydroxylation sites is 2. The number of fused-ring (bicyclic) bond motifs is 1. The van der Waals surface area contributed by atoms with E-state index in [1.165, 1.54) is 0 Å². The summed E-state index contributed by atoms with van der Waals surface area (Å²) in [5.41, 5.74) is 2.20. The van der Waals surface area contributed by atoms with Gasteiger partial charge in [0.05, 0.1) is 17.8 Å². The minimum absolute atomic E-state index is 0.359. The van der Waals surface area contributed by atoms with Crippen molar-refractivity contribution in [2.24, 2.45) is 0 Å². The molecule has 0 spiro atoms. The van der Waals surface area contributed by atoms with Gasteiger partial charge in [-0.3, -0.25) is 4.57 Å². The first-order chi connectivity index (χ1) is 9.78. The van der Waals surface area contributed by atoms with E-state index >= 15 is 0 Å². The molecule has 0 saturated heterocycles. The van der Waals surface area contributed by atoms with E-state index in [-0.39, 0.29) is 5.76 Å². The lowest BCUT2D eigenvalue weighted by atomic mass is 10.3. The molecule has 1 N–H and O–H groups in total. The van der Waals surface area contributed by atoms with E-state index in [4.69, 9.17) is 4.42 Å². The fourth-order valence-electron chi connectivity index (χ4n) is 2.17. The van der Waals surface area contributed by atoms with E-state index in [0.29, 0.717) is 12.1 Å². The Morgan fingerprint density at radius 3 is 2.90 bits per heavy atom. The van der Waals surface area contributed by atoms with Crippen LogP contribution < -0.4 is 11.1 Å². The van der Waals surface area contributed by atoms with Crippen molar-refractivity contribution in [1.82, 2.24) is 9.55 Å². The third-order valence-corrected chi connectivity index (χ3v) is 3.06. The second-order valence-corrected chi connectivity index (χ2v) is 4.47. The molecule has 0 radical (unpaired) electrons. The lowest BCUT2D eigenvalue weighted by Crippen LogP contribution is -2.16. The zero-order valence-corrected chi connectivity index (χ0v) is 11.2. The molecular weight excluding hydrogens is 254 g/mol. The van der Waals surface area contributed by atoms with E-state index in [0.717, 1.165) is 23.6 Å². The maximum absolute atomic E-state index is 11.9. The molecule has 102 valence electrons. The van der Waals surface area contributed by atoms with Crippen LogP contribution in [-0.4, -0.2) is 16.1 Å². The van der Waals surface area contributed by atoms with Gasteiger partial charge in [-0.1, -0.05) is 18.2 Å². The molecule has 5 nitrogen and oxygen atoms in total. The number of hydrogen-bond donors (Lipinski definition) is 1. The number of hydrogen-bond acceptors (Lipinski definition) is 4. The number of aromatic nitrogens is 2. The predicted octanol–water partition coefficient (Wildman–Crippen LogP) is 2.47. The highest BCUT2D eigenvalue weighted by atomic mass is 16.4. The van der Waals surface area contributed by atoms with Gasteiger partial charge in [0.1, 0.15) is 5.82 Å². The Hall–Kier alpha value is -2.56. The minimum Gasteiger partial charge on any atom is -0.408 e. The van der Waals surface area contributed by atoms with Gasteiger partial charge in [-0.05, 0) is 31.2 Å². The molecule has 0 aliphatic carbocycles. The Balaban J connectivity index is 1.99. The molecule has 2 aromatic heterocycles. The first-order valence-corrected chi connectivity index (χ1v) is 6.56. The lowest BCUT2D eigenvalue weighted by molar-refractivity contribution is 0.516. The SMILES string of the molecule is CCNc1cccc(Cn2c(=O)oc3ccccc32)n1. The number of anilines is 1. The number of nitrogens with one attached hydrogen (secondary N) is 1. The molecule has 0 fully saturated rings. The molecule has 2 heterocycles. The minimum atomic E-state index is -0.359. The summed E-state index contributed by atoms with van der Waals surface area (Å²) in [6, 6.07) is 13.1. The van der Waals surface area contributed by atoms with Crippen LogP contribution in [0.2, 0.25) is 0 Å². The van der Waals surface area contributed by atoms with Crippen molar-refractivity contribution in [2.45, 2.75) is 13.5 Å². The molecular formula is C15H15N3O2. The van der Waals surface area contributed by atoms with E-state index < -0.39 is 0 Å². The quantitative estimate of drug-likeness (QED) is 0.790. The van der Waals surface area contributed by atoms with Crippen LogP contribution in [0.4, 0.5) is 5.82 Å². The van der Waals surface area contributed by atoms with Crippen molar-refractivity contribution in [3.63, 3.8) is 0 Å². The summed E-state index contributed by atoms with van der Waals surface area (Å²) in [6.45, 7) is 3.22. The molecule has 0 bridgehead atoms. The Morgan fingerprint density at radius 2 is 2.05 bits per heavy atom. The highest BCUT2D eigenvalue weighted by molar-refractivity contribution is 5.72. The van der Waals surface area contributed by atoms with Crippen molar-refractivity contribution < 1.29 is 4.42 Å². The van der Waals surface area contributed by atoms with Crippen molar-refractivity contribution in [3.8, 4) is 0 Å². The Bertz CT molecular complexity index is 789. The van der Waals surface area contributed by atoms with E-state index in [1.54, 1.807) is 10.6 Å². The monoisotopic (exact) mass is 269 g/mol. The highest BCUT2D eigenvalue weighted by Gasteiger charge is 2.09. The van der Waals surface area contributed by atoms with Crippen LogP contribution in [0.3, 0.4) is 0 Å². The standard InChI is InChI=1S/C15H15N3O2/c1-2-16-14-9-5-6-11(17-14)10-18-12-7-3-4-8-13(12)20-15(18)19/h3-9H,2,10H2,1H3,(H,16,17). The van der Waals surface area contributed by atoms with Gasteiger partial charge in [0.15, 0.2) is 5.58 Å². The van der Waals surface area contributed by atoms with Gasteiger partial charge in [-0.2, -0.15) is 0 Å². The number of oxazole rings is 1. The number of nitrogens with zero attached hydrogens (tertiary/aromatic N) is 2. The van der Waals surface area contributed by atoms with Gasteiger partial charge in [-0.25, -0.2) is 9.78 Å². The second-order valence-electron chi connectivity index (χ2n) is 4.47. The van der Waals surface area contributed by atoms with Crippen molar-refractivity contribution >= 4 is 16.9 Å². The fourth-order valence-corrected chi connectivity index (χ4v) is 2.17. The lowest BCUT2D eigenvalue weighted by Gasteiger charge is -2.06. The molecule has 0 saturated carbocycles. The van der Waals surface area contributed by atoms with E-state index in [9.17, 15) is 4.79 Å². The Kier molecular flexibility index (Phi) is 3.25. The molecule has 0 atom stereocenters. The molecule has 3 rings (SSSR count). The molecule has 1 aromatic carbocycles. The van der Waals surface area contributed by atoms with Crippen molar-refractivity contribution in [3.05, 3.63) is 58.7 Å². The summed E-state index contributed by atoms with van der Waals surface area (Å²) in [4.78, 5) is 16.4. The third kappa shape index (κ3) is 2.30. The molecule has 0 amide bonds. The third-order valence-electron chi connectivity index (χ3n) is 3.06. The topological polar surface area (TPSA) is 60.1 Å². The molecule has 3 aromatic rings. The van der Waals surface area contributed by atoms with E-state index in [2.05, 4.69) is 10.3 Å². The average Bonchev–Trinajstić information content (AvgIpc) is 2.76. The summed E-state index contributed by atoms with van der Waals surface area (Å²) in [5, 5.41) is 3.16. The van der Waals surface area contributed by atoms with Crippen molar-refractivity contribution in [1.29, 1.82) is 0 Å². The van der Waals surface area contributed by atoms with Crippen LogP contribution in [0.15, 0.2) is 51.7 Å². The van der Waals surface area contributed by atoms with Crippen LogP contribution in [0.25, 0.3) is 11.1 Å². The zero-order chi connectivity index (χ0) is 13.9. The van der Waals surface area contributed by atoms with E-state index in [1.807, 2.05) is 43.3 Å². The number of rotatable bonds is 4. The highest BCUT2D eigenvalue weighted by Crippen LogP contribution is 2.13. The molecule has 0 aliphatic heterocycles. The maximum Gasteiger partial charge on any atom is 0.420 e. The maximum atomic E-state index is 11.9. The van der Waals surface area contributed by atoms with Gasteiger partial charge in [0.25, 0.3) is 0 Å². The number of pyridine rings is 1. The molecule has 20 heavy (non-hydrogen) atoms. The largest absolute Gasteiger partial charge is 0.420 e. The average molecular weight is 269 g/mol. The van der Waals surface area contributed by atoms with Gasteiger partial charge in [0.2, 0.25) is 0 Å². The Morgan fingerprint density at radius 1 is 1.20 bits per heavy atom. The molecule has 0 aliphatic rings. The van der Waals surface area contributed by atoms with Gasteiger partial charge in [0, 0.05) is 6.54 Å². The van der Waals surface area contributed by atoms with Crippen molar-refractivity contribution in [2.75, 3.05) is 11.9 Å². The smallest absolute Gasteiger partial charge is 0.408 e. The second kappa shape index (κ2) is 5.21. The first-order valence-electron chi connectivity index (χ1n) is 6.56. The fraction of sp³-hybridized carbons (Fsp3) is 0.200. The van der Waals surface area contributed by atoms with Gasteiger partial charge >= 0.3 is 5.76 Å². The normalized spacial score (nSPS) is 10.8. The molecule has 0 unspecified atom stereocenters. The first kappa shape index (κ1) is 12.5. The summed E-state index contributed by atoms with van der Waals surface area (Å²) in [5.74, 6) is 0.452. The summed E-state index contributed by atoms with van der Waals surface area (Å²) in [6.07, 6.45) is 0. The van der Waals surface area contributed by atoms with Crippen LogP contribution in [0.5, 0.6) is 0 Å². The Labute approximate surface area is 115 Å². The van der Waals surface area contributed by atoms with Crippen LogP contribution >= 0.6 is 0 Å². The van der Waals surface area contributed by atoms with Gasteiger partial charge in [-0.15, -0.1) is 0 Å². The summed E-state index contributed by atoms with van der Waals surface area (Å²) >= 11 is 0.